The van der Waals surface area contributed by atoms with Gasteiger partial charge in [-0.15, -0.1) is 0 Å². The lowest BCUT2D eigenvalue weighted by atomic mass is 9.97. The number of imidazole rings is 1. The van der Waals surface area contributed by atoms with E-state index >= 15 is 0 Å². The van der Waals surface area contributed by atoms with Crippen LogP contribution in [-0.4, -0.2) is 34.7 Å². The molecule has 0 radical (unpaired) electrons. The summed E-state index contributed by atoms with van der Waals surface area (Å²) in [6.07, 6.45) is 5.36. The van der Waals surface area contributed by atoms with Crippen LogP contribution in [0.3, 0.4) is 0 Å². The highest BCUT2D eigenvalue weighted by Crippen LogP contribution is 2.23. The maximum absolute atomic E-state index is 12.1. The average molecular weight is 293 g/mol. The van der Waals surface area contributed by atoms with Crippen molar-refractivity contribution in [1.29, 1.82) is 0 Å². The molecule has 0 amide bonds. The molecule has 1 aliphatic rings. The number of hydrogen-bond donors (Lipinski definition) is 1. The Labute approximate surface area is 127 Å². The summed E-state index contributed by atoms with van der Waals surface area (Å²) >= 11 is 0. The van der Waals surface area contributed by atoms with E-state index in [-0.39, 0.29) is 5.97 Å². The van der Waals surface area contributed by atoms with Crippen LogP contribution in [0.25, 0.3) is 0 Å². The van der Waals surface area contributed by atoms with Crippen LogP contribution >= 0.6 is 0 Å². The Bertz CT molecular complexity index is 510. The molecule has 5 nitrogen and oxygen atoms in total. The molecule has 0 fully saturated rings. The number of carbonyl (C=O) groups excluding carboxylic acids is 1. The molecule has 0 aliphatic heterocycles. The van der Waals surface area contributed by atoms with Gasteiger partial charge in [0.1, 0.15) is 11.4 Å². The van der Waals surface area contributed by atoms with E-state index < -0.39 is 5.54 Å². The van der Waals surface area contributed by atoms with Gasteiger partial charge in [-0.2, -0.15) is 0 Å². The molecule has 1 heterocycles. The third kappa shape index (κ3) is 3.28. The van der Waals surface area contributed by atoms with Gasteiger partial charge in [-0.05, 0) is 59.9 Å². The van der Waals surface area contributed by atoms with Gasteiger partial charge in [-0.25, -0.2) is 4.98 Å². The van der Waals surface area contributed by atoms with Gasteiger partial charge in [-0.1, -0.05) is 0 Å². The predicted octanol–water partition coefficient (Wildman–Crippen LogP) is 2.00. The summed E-state index contributed by atoms with van der Waals surface area (Å²) < 4.78 is 7.47. The van der Waals surface area contributed by atoms with Crippen LogP contribution in [0.4, 0.5) is 0 Å². The fraction of sp³-hybridized carbons (Fsp3) is 0.750. The predicted molar refractivity (Wildman–Crippen MR) is 82.3 cm³/mol. The molecule has 1 N–H and O–H groups in total. The van der Waals surface area contributed by atoms with Crippen LogP contribution in [0, 0.1) is 6.92 Å². The van der Waals surface area contributed by atoms with Crippen LogP contribution < -0.4 is 5.32 Å². The molecule has 5 heteroatoms. The summed E-state index contributed by atoms with van der Waals surface area (Å²) in [7, 11) is 1.81. The Balaban J connectivity index is 2.11. The summed E-state index contributed by atoms with van der Waals surface area (Å²) in [4.78, 5) is 16.8. The van der Waals surface area contributed by atoms with E-state index in [0.717, 1.165) is 25.2 Å². The molecule has 0 spiro atoms. The molecule has 1 aromatic rings. The summed E-state index contributed by atoms with van der Waals surface area (Å²) in [5, 5.41) is 3.12. The zero-order valence-electron chi connectivity index (χ0n) is 13.7. The first kappa shape index (κ1) is 16.0. The summed E-state index contributed by atoms with van der Waals surface area (Å²) in [6.45, 7) is 7.01. The number of carbonyl (C=O) groups is 1. The molecule has 1 aliphatic carbocycles. The Morgan fingerprint density at radius 3 is 2.81 bits per heavy atom. The van der Waals surface area contributed by atoms with Crippen LogP contribution in [0.2, 0.25) is 0 Å². The van der Waals surface area contributed by atoms with Gasteiger partial charge >= 0.3 is 5.97 Å². The standard InChI is InChI=1S/C16H27N3O2/c1-5-21-15(20)16(3,17-4)10-11-19-12(2)18-13-8-6-7-9-14(13)19/h17H,5-11H2,1-4H3. The number of fused-ring (bicyclic) bond motifs is 1. The topological polar surface area (TPSA) is 56.2 Å². The first-order valence-corrected chi connectivity index (χ1v) is 7.93. The summed E-state index contributed by atoms with van der Waals surface area (Å²) in [6, 6.07) is 0. The molecule has 0 saturated heterocycles. The van der Waals surface area contributed by atoms with Crippen molar-refractivity contribution >= 4 is 5.97 Å². The quantitative estimate of drug-likeness (QED) is 0.815. The Hall–Kier alpha value is -1.36. The second-order valence-corrected chi connectivity index (χ2v) is 5.96. The Morgan fingerprint density at radius 2 is 2.14 bits per heavy atom. The van der Waals surface area contributed by atoms with Gasteiger partial charge < -0.3 is 14.6 Å². The number of aromatic nitrogens is 2. The van der Waals surface area contributed by atoms with Gasteiger partial charge in [0.2, 0.25) is 0 Å². The van der Waals surface area contributed by atoms with Crippen molar-refractivity contribution in [3.8, 4) is 0 Å². The molecule has 1 atom stereocenters. The second-order valence-electron chi connectivity index (χ2n) is 5.96. The van der Waals surface area contributed by atoms with E-state index in [4.69, 9.17) is 4.74 Å². The number of esters is 1. The lowest BCUT2D eigenvalue weighted by molar-refractivity contribution is -0.150. The molecule has 0 saturated carbocycles. The second kappa shape index (κ2) is 6.60. The zero-order chi connectivity index (χ0) is 15.5. The van der Waals surface area contributed by atoms with E-state index in [2.05, 4.69) is 21.8 Å². The molecule has 2 rings (SSSR count). The van der Waals surface area contributed by atoms with E-state index in [0.29, 0.717) is 13.0 Å². The minimum Gasteiger partial charge on any atom is -0.465 e. The van der Waals surface area contributed by atoms with Gasteiger partial charge in [0, 0.05) is 12.2 Å². The average Bonchev–Trinajstić information content (AvgIpc) is 2.80. The number of likely N-dealkylation sites (N-methyl/N-ethyl adjacent to an activating group) is 1. The normalized spacial score (nSPS) is 17.1. The Morgan fingerprint density at radius 1 is 1.43 bits per heavy atom. The van der Waals surface area contributed by atoms with Crippen molar-refractivity contribution in [2.45, 2.75) is 65.0 Å². The molecule has 0 aromatic carbocycles. The molecule has 21 heavy (non-hydrogen) atoms. The van der Waals surface area contributed by atoms with Crippen molar-refractivity contribution in [1.82, 2.24) is 14.9 Å². The minimum atomic E-state index is -0.645. The smallest absolute Gasteiger partial charge is 0.326 e. The highest BCUT2D eigenvalue weighted by molar-refractivity contribution is 5.80. The zero-order valence-corrected chi connectivity index (χ0v) is 13.7. The van der Waals surface area contributed by atoms with E-state index in [1.54, 1.807) is 0 Å². The number of ether oxygens (including phenoxy) is 1. The third-order valence-electron chi connectivity index (χ3n) is 4.54. The fourth-order valence-electron chi connectivity index (χ4n) is 2.99. The summed E-state index contributed by atoms with van der Waals surface area (Å²) in [5.41, 5.74) is 1.97. The van der Waals surface area contributed by atoms with Crippen molar-refractivity contribution in [3.05, 3.63) is 17.2 Å². The maximum Gasteiger partial charge on any atom is 0.326 e. The highest BCUT2D eigenvalue weighted by Gasteiger charge is 2.33. The molecule has 0 bridgehead atoms. The van der Waals surface area contributed by atoms with Crippen LogP contribution in [0.15, 0.2) is 0 Å². The largest absolute Gasteiger partial charge is 0.465 e. The number of rotatable bonds is 6. The van der Waals surface area contributed by atoms with Gasteiger partial charge in [-0.3, -0.25) is 4.79 Å². The lowest BCUT2D eigenvalue weighted by Gasteiger charge is -2.27. The lowest BCUT2D eigenvalue weighted by Crippen LogP contribution is -2.49. The SMILES string of the molecule is CCOC(=O)C(C)(CCn1c(C)nc2c1CCCC2)NC. The molecular weight excluding hydrogens is 266 g/mol. The number of nitrogens with one attached hydrogen (secondary N) is 1. The van der Waals surface area contributed by atoms with Crippen LogP contribution in [-0.2, 0) is 28.9 Å². The highest BCUT2D eigenvalue weighted by atomic mass is 16.5. The van der Waals surface area contributed by atoms with Crippen molar-refractivity contribution in [3.63, 3.8) is 0 Å². The fourth-order valence-corrected chi connectivity index (χ4v) is 2.99. The van der Waals surface area contributed by atoms with Crippen LogP contribution in [0.1, 0.15) is 50.3 Å². The van der Waals surface area contributed by atoms with E-state index in [9.17, 15) is 4.79 Å². The van der Waals surface area contributed by atoms with Gasteiger partial charge in [0.05, 0.1) is 12.3 Å². The first-order valence-electron chi connectivity index (χ1n) is 7.93. The first-order chi connectivity index (χ1) is 10.0. The van der Waals surface area contributed by atoms with E-state index in [1.165, 1.54) is 24.2 Å². The van der Waals surface area contributed by atoms with Crippen LogP contribution in [0.5, 0.6) is 0 Å². The number of nitrogens with zero attached hydrogens (tertiary/aromatic N) is 2. The molecular formula is C16H27N3O2. The van der Waals surface area contributed by atoms with Gasteiger partial charge in [0.15, 0.2) is 0 Å². The number of hydrogen-bond acceptors (Lipinski definition) is 4. The van der Waals surface area contributed by atoms with Crippen molar-refractivity contribution in [2.75, 3.05) is 13.7 Å². The molecule has 1 unspecified atom stereocenters. The number of aryl methyl sites for hydroxylation is 2. The van der Waals surface area contributed by atoms with Crippen molar-refractivity contribution < 1.29 is 9.53 Å². The van der Waals surface area contributed by atoms with Gasteiger partial charge in [0.25, 0.3) is 0 Å². The summed E-state index contributed by atoms with van der Waals surface area (Å²) in [5.74, 6) is 0.878. The molecule has 1 aromatic heterocycles. The maximum atomic E-state index is 12.1. The third-order valence-corrected chi connectivity index (χ3v) is 4.54. The van der Waals surface area contributed by atoms with Crippen molar-refractivity contribution in [2.24, 2.45) is 0 Å². The Kier molecular flexibility index (Phi) is 5.04. The van der Waals surface area contributed by atoms with E-state index in [1.807, 2.05) is 20.9 Å². The monoisotopic (exact) mass is 293 g/mol. The minimum absolute atomic E-state index is 0.181. The molecule has 118 valence electrons.